The number of rotatable bonds is 6. The highest BCUT2D eigenvalue weighted by atomic mass is 79.9. The van der Waals surface area contributed by atoms with Crippen molar-refractivity contribution in [2.75, 3.05) is 13.1 Å². The first-order chi connectivity index (χ1) is 8.48. The van der Waals surface area contributed by atoms with E-state index in [0.717, 1.165) is 12.8 Å². The van der Waals surface area contributed by atoms with E-state index in [-0.39, 0.29) is 21.9 Å². The summed E-state index contributed by atoms with van der Waals surface area (Å²) in [5, 5.41) is 8.97. The quantitative estimate of drug-likeness (QED) is 0.861. The Hall–Kier alpha value is -0.370. The van der Waals surface area contributed by atoms with Crippen LogP contribution in [0.25, 0.3) is 0 Å². The van der Waals surface area contributed by atoms with Gasteiger partial charge in [0.2, 0.25) is 10.0 Å². The van der Waals surface area contributed by atoms with Gasteiger partial charge in [0.1, 0.15) is 17.3 Å². The molecule has 1 N–H and O–H groups in total. The second kappa shape index (κ2) is 5.32. The second-order valence-corrected chi connectivity index (χ2v) is 7.03. The first-order valence-electron chi connectivity index (χ1n) is 5.88. The maximum atomic E-state index is 12.4. The molecule has 0 aromatic carbocycles. The van der Waals surface area contributed by atoms with Crippen LogP contribution in [0.3, 0.4) is 0 Å². The van der Waals surface area contributed by atoms with Crippen LogP contribution < -0.4 is 0 Å². The highest BCUT2D eigenvalue weighted by Crippen LogP contribution is 2.33. The van der Waals surface area contributed by atoms with Crippen molar-refractivity contribution in [3.8, 4) is 0 Å². The van der Waals surface area contributed by atoms with E-state index in [2.05, 4.69) is 15.9 Å². The third-order valence-corrected chi connectivity index (χ3v) is 5.79. The fraction of sp³-hybridized carbons (Fsp3) is 0.636. The number of sulfonamides is 1. The molecule has 0 atom stereocenters. The Labute approximate surface area is 115 Å². The van der Waals surface area contributed by atoms with Crippen LogP contribution in [0.5, 0.6) is 0 Å². The molecule has 1 aliphatic rings. The van der Waals surface area contributed by atoms with Crippen molar-refractivity contribution in [2.45, 2.75) is 31.3 Å². The van der Waals surface area contributed by atoms with Gasteiger partial charge in [-0.3, -0.25) is 0 Å². The Balaban J connectivity index is 2.29. The van der Waals surface area contributed by atoms with E-state index in [1.807, 2.05) is 6.92 Å². The molecule has 0 unspecified atom stereocenters. The van der Waals surface area contributed by atoms with Crippen LogP contribution in [0.15, 0.2) is 20.0 Å². The average Bonchev–Trinajstić information content (AvgIpc) is 3.07. The fourth-order valence-electron chi connectivity index (χ4n) is 1.78. The summed E-state index contributed by atoms with van der Waals surface area (Å²) in [5.74, 6) is 0.727. The smallest absolute Gasteiger partial charge is 0.247 e. The average molecular weight is 338 g/mol. The highest BCUT2D eigenvalue weighted by molar-refractivity contribution is 9.10. The summed E-state index contributed by atoms with van der Waals surface area (Å²) < 4.78 is 31.6. The second-order valence-electron chi connectivity index (χ2n) is 4.41. The summed E-state index contributed by atoms with van der Waals surface area (Å²) in [5.41, 5.74) is 0. The minimum atomic E-state index is -3.54. The van der Waals surface area contributed by atoms with Gasteiger partial charge in [-0.05, 0) is 34.7 Å². The molecule has 1 aromatic rings. The molecular formula is C11H16BrNO4S. The Kier molecular flexibility index (Phi) is 4.15. The lowest BCUT2D eigenvalue weighted by atomic mass is 10.4. The lowest BCUT2D eigenvalue weighted by Crippen LogP contribution is -2.32. The van der Waals surface area contributed by atoms with Crippen LogP contribution in [-0.4, -0.2) is 30.9 Å². The van der Waals surface area contributed by atoms with Gasteiger partial charge in [-0.1, -0.05) is 6.92 Å². The molecule has 0 aliphatic heterocycles. The molecule has 18 heavy (non-hydrogen) atoms. The van der Waals surface area contributed by atoms with E-state index in [4.69, 9.17) is 9.52 Å². The summed E-state index contributed by atoms with van der Waals surface area (Å²) in [6.45, 7) is 2.50. The summed E-state index contributed by atoms with van der Waals surface area (Å²) >= 11 is 3.09. The zero-order valence-corrected chi connectivity index (χ0v) is 12.5. The van der Waals surface area contributed by atoms with Gasteiger partial charge in [-0.15, -0.1) is 0 Å². The van der Waals surface area contributed by atoms with Gasteiger partial charge in [-0.2, -0.15) is 4.31 Å². The molecule has 5 nitrogen and oxygen atoms in total. The van der Waals surface area contributed by atoms with Crippen molar-refractivity contribution < 1.29 is 17.9 Å². The molecule has 1 aliphatic carbocycles. The molecule has 0 radical (unpaired) electrons. The van der Waals surface area contributed by atoms with Gasteiger partial charge in [0.15, 0.2) is 4.67 Å². The van der Waals surface area contributed by atoms with Crippen molar-refractivity contribution in [1.29, 1.82) is 0 Å². The first-order valence-corrected chi connectivity index (χ1v) is 8.11. The maximum absolute atomic E-state index is 12.4. The van der Waals surface area contributed by atoms with Gasteiger partial charge >= 0.3 is 0 Å². The van der Waals surface area contributed by atoms with Crippen LogP contribution in [0.2, 0.25) is 0 Å². The number of halogens is 1. The minimum Gasteiger partial charge on any atom is -0.450 e. The Morgan fingerprint density at radius 1 is 1.56 bits per heavy atom. The third kappa shape index (κ3) is 2.79. The molecular weight excluding hydrogens is 322 g/mol. The van der Waals surface area contributed by atoms with Gasteiger partial charge in [0, 0.05) is 19.2 Å². The normalized spacial score (nSPS) is 16.4. The fourth-order valence-corrected chi connectivity index (χ4v) is 4.26. The minimum absolute atomic E-state index is 0.0917. The van der Waals surface area contributed by atoms with Crippen LogP contribution in [0, 0.1) is 5.92 Å². The number of hydrogen-bond acceptors (Lipinski definition) is 4. The third-order valence-electron chi connectivity index (χ3n) is 2.99. The standard InChI is InChI=1S/C11H16BrNO4S/c1-2-13(6-8-3-4-8)18(15,16)10-5-9(7-14)17-11(10)12/h5,8,14H,2-4,6-7H2,1H3. The zero-order chi connectivity index (χ0) is 13.3. The zero-order valence-electron chi connectivity index (χ0n) is 10.1. The predicted octanol–water partition coefficient (Wildman–Crippen LogP) is 1.96. The van der Waals surface area contributed by atoms with Crippen molar-refractivity contribution in [2.24, 2.45) is 5.92 Å². The summed E-state index contributed by atoms with van der Waals surface area (Å²) in [7, 11) is -3.54. The summed E-state index contributed by atoms with van der Waals surface area (Å²) in [4.78, 5) is 0.0917. The topological polar surface area (TPSA) is 70.8 Å². The molecule has 0 bridgehead atoms. The van der Waals surface area contributed by atoms with E-state index in [0.29, 0.717) is 19.0 Å². The molecule has 102 valence electrons. The first kappa shape index (κ1) is 14.0. The maximum Gasteiger partial charge on any atom is 0.247 e. The van der Waals surface area contributed by atoms with Gasteiger partial charge in [-0.25, -0.2) is 8.42 Å². The molecule has 2 rings (SSSR count). The molecule has 1 fully saturated rings. The Morgan fingerprint density at radius 2 is 2.22 bits per heavy atom. The van der Waals surface area contributed by atoms with Crippen molar-refractivity contribution in [3.05, 3.63) is 16.5 Å². The van der Waals surface area contributed by atoms with Gasteiger partial charge < -0.3 is 9.52 Å². The van der Waals surface area contributed by atoms with Gasteiger partial charge in [0.25, 0.3) is 0 Å². The predicted molar refractivity (Wildman–Crippen MR) is 69.5 cm³/mol. The highest BCUT2D eigenvalue weighted by Gasteiger charge is 2.33. The van der Waals surface area contributed by atoms with Crippen molar-refractivity contribution in [3.63, 3.8) is 0 Å². The van der Waals surface area contributed by atoms with E-state index in [1.54, 1.807) is 0 Å². The van der Waals surface area contributed by atoms with E-state index in [9.17, 15) is 8.42 Å². The van der Waals surface area contributed by atoms with Crippen molar-refractivity contribution in [1.82, 2.24) is 4.31 Å². The van der Waals surface area contributed by atoms with E-state index < -0.39 is 10.0 Å². The molecule has 0 spiro atoms. The van der Waals surface area contributed by atoms with Gasteiger partial charge in [0.05, 0.1) is 0 Å². The summed E-state index contributed by atoms with van der Waals surface area (Å²) in [6.07, 6.45) is 2.20. The van der Waals surface area contributed by atoms with Crippen LogP contribution in [0.1, 0.15) is 25.5 Å². The largest absolute Gasteiger partial charge is 0.450 e. The van der Waals surface area contributed by atoms with Crippen molar-refractivity contribution >= 4 is 26.0 Å². The van der Waals surface area contributed by atoms with Crippen LogP contribution in [-0.2, 0) is 16.6 Å². The lowest BCUT2D eigenvalue weighted by Gasteiger charge is -2.19. The number of aliphatic hydroxyl groups is 1. The lowest BCUT2D eigenvalue weighted by molar-refractivity contribution is 0.245. The van der Waals surface area contributed by atoms with Crippen LogP contribution >= 0.6 is 15.9 Å². The number of aliphatic hydroxyl groups excluding tert-OH is 1. The van der Waals surface area contributed by atoms with E-state index in [1.165, 1.54) is 10.4 Å². The molecule has 0 amide bonds. The number of furan rings is 1. The Bertz CT molecular complexity index is 521. The molecule has 1 heterocycles. The monoisotopic (exact) mass is 337 g/mol. The van der Waals surface area contributed by atoms with E-state index >= 15 is 0 Å². The molecule has 1 saturated carbocycles. The molecule has 0 saturated heterocycles. The SMILES string of the molecule is CCN(CC1CC1)S(=O)(=O)c1cc(CO)oc1Br. The molecule has 1 aromatic heterocycles. The Morgan fingerprint density at radius 3 is 2.67 bits per heavy atom. The number of nitrogens with zero attached hydrogens (tertiary/aromatic N) is 1. The van der Waals surface area contributed by atoms with Crippen LogP contribution in [0.4, 0.5) is 0 Å². The number of hydrogen-bond donors (Lipinski definition) is 1. The summed E-state index contributed by atoms with van der Waals surface area (Å²) in [6, 6.07) is 1.37. The molecule has 7 heteroatoms.